The molecule has 2 fully saturated rings. The van der Waals surface area contributed by atoms with E-state index in [0.29, 0.717) is 0 Å². The Kier molecular flexibility index (Phi) is 4.45. The molecule has 1 aromatic carbocycles. The van der Waals surface area contributed by atoms with Crippen LogP contribution in [0.4, 0.5) is 0 Å². The van der Waals surface area contributed by atoms with Crippen molar-refractivity contribution >= 4 is 17.7 Å². The maximum atomic E-state index is 11.8. The monoisotopic (exact) mass is 321 g/mol. The summed E-state index contributed by atoms with van der Waals surface area (Å²) in [6.45, 7) is 4.88. The highest BCUT2D eigenvalue weighted by Gasteiger charge is 2.64. The van der Waals surface area contributed by atoms with E-state index in [4.69, 9.17) is 10.5 Å². The van der Waals surface area contributed by atoms with E-state index in [1.165, 1.54) is 5.56 Å². The Morgan fingerprint density at radius 1 is 1.45 bits per heavy atom. The molecule has 3 rings (SSSR count). The molecule has 22 heavy (non-hydrogen) atoms. The van der Waals surface area contributed by atoms with Gasteiger partial charge >= 0.3 is 0 Å². The molecule has 2 saturated heterocycles. The molecule has 6 heteroatoms. The molecule has 4 atom stereocenters. The van der Waals surface area contributed by atoms with Gasteiger partial charge in [0.15, 0.2) is 12.0 Å². The van der Waals surface area contributed by atoms with Gasteiger partial charge < -0.3 is 10.5 Å². The van der Waals surface area contributed by atoms with Crippen molar-refractivity contribution in [3.63, 3.8) is 0 Å². The molecule has 2 aliphatic rings. The highest BCUT2D eigenvalue weighted by atomic mass is 32.2. The topological polar surface area (TPSA) is 79.7 Å². The fraction of sp³-hybridized carbons (Fsp3) is 0.562. The van der Waals surface area contributed by atoms with Crippen LogP contribution in [0.15, 0.2) is 30.3 Å². The van der Waals surface area contributed by atoms with Crippen molar-refractivity contribution < 1.29 is 9.53 Å². The first-order valence-corrected chi connectivity index (χ1v) is 8.74. The molecule has 1 aromatic rings. The number of hydrogen-bond acceptors (Lipinski definition) is 5. The SMILES string of the molecule is CC(C)[C@H](NC12OC1NCCSC2c1ccccc1)C(N)=O. The Bertz CT molecular complexity index is 539. The molecule has 5 nitrogen and oxygen atoms in total. The summed E-state index contributed by atoms with van der Waals surface area (Å²) in [6.07, 6.45) is -0.0756. The molecule has 0 radical (unpaired) electrons. The van der Waals surface area contributed by atoms with Gasteiger partial charge in [0.1, 0.15) is 0 Å². The predicted octanol–water partition coefficient (Wildman–Crippen LogP) is 1.22. The molecule has 0 saturated carbocycles. The van der Waals surface area contributed by atoms with Gasteiger partial charge in [0.2, 0.25) is 5.91 Å². The number of ether oxygens (including phenoxy) is 1. The van der Waals surface area contributed by atoms with E-state index in [1.54, 1.807) is 0 Å². The van der Waals surface area contributed by atoms with E-state index in [0.717, 1.165) is 12.3 Å². The number of nitrogens with two attached hydrogens (primary N) is 1. The molecule has 1 amide bonds. The zero-order valence-electron chi connectivity index (χ0n) is 12.9. The van der Waals surface area contributed by atoms with Crippen molar-refractivity contribution in [2.75, 3.05) is 12.3 Å². The summed E-state index contributed by atoms with van der Waals surface area (Å²) in [5, 5.41) is 6.93. The zero-order valence-corrected chi connectivity index (χ0v) is 13.7. The van der Waals surface area contributed by atoms with E-state index in [2.05, 4.69) is 22.8 Å². The second-order valence-corrected chi connectivity index (χ2v) is 7.39. The van der Waals surface area contributed by atoms with Gasteiger partial charge in [-0.3, -0.25) is 15.4 Å². The van der Waals surface area contributed by atoms with Crippen LogP contribution in [0.5, 0.6) is 0 Å². The number of fused-ring (bicyclic) bond motifs is 1. The number of amides is 1. The number of thioether (sulfide) groups is 1. The number of nitrogens with one attached hydrogen (secondary N) is 2. The van der Waals surface area contributed by atoms with Gasteiger partial charge in [-0.15, -0.1) is 11.8 Å². The summed E-state index contributed by atoms with van der Waals surface area (Å²) in [5.74, 6) is 0.785. The number of carbonyl (C=O) groups is 1. The van der Waals surface area contributed by atoms with Crippen LogP contribution in [0.2, 0.25) is 0 Å². The number of rotatable bonds is 5. The van der Waals surface area contributed by atoms with Gasteiger partial charge in [0.05, 0.1) is 11.3 Å². The van der Waals surface area contributed by atoms with Gasteiger partial charge in [-0.1, -0.05) is 44.2 Å². The molecular formula is C16H23N3O2S. The van der Waals surface area contributed by atoms with Crippen molar-refractivity contribution in [1.29, 1.82) is 0 Å². The average Bonchev–Trinajstić information content (AvgIpc) is 3.20. The second kappa shape index (κ2) is 6.20. The fourth-order valence-corrected chi connectivity index (χ4v) is 4.33. The van der Waals surface area contributed by atoms with E-state index < -0.39 is 11.8 Å². The minimum absolute atomic E-state index is 0.0756. The average molecular weight is 321 g/mol. The Hall–Kier alpha value is -1.08. The summed E-state index contributed by atoms with van der Waals surface area (Å²) in [5.41, 5.74) is 6.21. The van der Waals surface area contributed by atoms with Crippen LogP contribution in [-0.2, 0) is 9.53 Å². The Labute approximate surface area is 135 Å². The van der Waals surface area contributed by atoms with Gasteiger partial charge in [0.25, 0.3) is 0 Å². The Morgan fingerprint density at radius 2 is 2.18 bits per heavy atom. The van der Waals surface area contributed by atoms with Crippen LogP contribution < -0.4 is 16.4 Å². The number of epoxide rings is 1. The lowest BCUT2D eigenvalue weighted by Gasteiger charge is -2.29. The van der Waals surface area contributed by atoms with Crippen LogP contribution in [0.3, 0.4) is 0 Å². The molecule has 4 N–H and O–H groups in total. The molecular weight excluding hydrogens is 298 g/mol. The highest BCUT2D eigenvalue weighted by Crippen LogP contribution is 2.52. The van der Waals surface area contributed by atoms with E-state index in [9.17, 15) is 4.79 Å². The standard InChI is InChI=1S/C16H23N3O2S/c1-10(2)12(14(17)20)19-16-13(11-6-4-3-5-7-11)22-9-8-18-15(16)21-16/h3-7,10,12-13,15,18-19H,8-9H2,1-2H3,(H2,17,20)/t12-,13?,15?,16?/m0/s1. The predicted molar refractivity (Wildman–Crippen MR) is 88.2 cm³/mol. The smallest absolute Gasteiger partial charge is 0.234 e. The van der Waals surface area contributed by atoms with Gasteiger partial charge in [-0.2, -0.15) is 0 Å². The molecule has 2 heterocycles. The minimum atomic E-state index is -0.563. The van der Waals surface area contributed by atoms with E-state index >= 15 is 0 Å². The molecule has 0 spiro atoms. The summed E-state index contributed by atoms with van der Waals surface area (Å²) in [4.78, 5) is 11.8. The first kappa shape index (κ1) is 15.8. The molecule has 2 aliphatic heterocycles. The van der Waals surface area contributed by atoms with Crippen LogP contribution in [0, 0.1) is 5.92 Å². The quantitative estimate of drug-likeness (QED) is 0.711. The molecule has 0 aliphatic carbocycles. The van der Waals surface area contributed by atoms with Crippen LogP contribution in [-0.4, -0.2) is 36.2 Å². The van der Waals surface area contributed by atoms with Gasteiger partial charge in [0, 0.05) is 12.3 Å². The number of benzene rings is 1. The molecule has 0 bridgehead atoms. The Balaban J connectivity index is 1.89. The van der Waals surface area contributed by atoms with Gasteiger partial charge in [-0.05, 0) is 11.5 Å². The fourth-order valence-electron chi connectivity index (χ4n) is 3.01. The van der Waals surface area contributed by atoms with Crippen LogP contribution in [0.1, 0.15) is 24.7 Å². The lowest BCUT2D eigenvalue weighted by molar-refractivity contribution is -0.121. The Morgan fingerprint density at radius 3 is 2.82 bits per heavy atom. The summed E-state index contributed by atoms with van der Waals surface area (Å²) in [6, 6.07) is 9.89. The van der Waals surface area contributed by atoms with Crippen molar-refractivity contribution in [3.05, 3.63) is 35.9 Å². The zero-order chi connectivity index (χ0) is 15.7. The maximum absolute atomic E-state index is 11.8. The summed E-state index contributed by atoms with van der Waals surface area (Å²) in [7, 11) is 0. The lowest BCUT2D eigenvalue weighted by atomic mass is 9.99. The maximum Gasteiger partial charge on any atom is 0.234 e. The third-order valence-corrected chi connectivity index (χ3v) is 5.60. The summed E-state index contributed by atoms with van der Waals surface area (Å²) >= 11 is 1.85. The van der Waals surface area contributed by atoms with Crippen molar-refractivity contribution in [2.24, 2.45) is 11.7 Å². The lowest BCUT2D eigenvalue weighted by Crippen LogP contribution is -2.54. The third-order valence-electron chi connectivity index (χ3n) is 4.21. The molecule has 3 unspecified atom stereocenters. The molecule has 0 aromatic heterocycles. The first-order valence-electron chi connectivity index (χ1n) is 7.69. The van der Waals surface area contributed by atoms with Gasteiger partial charge in [-0.25, -0.2) is 0 Å². The van der Waals surface area contributed by atoms with Crippen molar-refractivity contribution in [2.45, 2.75) is 37.1 Å². The highest BCUT2D eigenvalue weighted by molar-refractivity contribution is 7.99. The third kappa shape index (κ3) is 2.88. The van der Waals surface area contributed by atoms with E-state index in [-0.39, 0.29) is 23.3 Å². The normalized spacial score (nSPS) is 32.1. The second-order valence-electron chi connectivity index (χ2n) is 6.18. The summed E-state index contributed by atoms with van der Waals surface area (Å²) < 4.78 is 5.99. The number of carbonyl (C=O) groups excluding carboxylic acids is 1. The van der Waals surface area contributed by atoms with Crippen LogP contribution in [0.25, 0.3) is 0 Å². The molecule has 120 valence electrons. The number of primary amides is 1. The van der Waals surface area contributed by atoms with E-state index in [1.807, 2.05) is 43.8 Å². The van der Waals surface area contributed by atoms with Crippen molar-refractivity contribution in [3.8, 4) is 0 Å². The largest absolute Gasteiger partial charge is 0.368 e. The van der Waals surface area contributed by atoms with Crippen molar-refractivity contribution in [1.82, 2.24) is 10.6 Å². The minimum Gasteiger partial charge on any atom is -0.368 e. The van der Waals surface area contributed by atoms with Crippen LogP contribution >= 0.6 is 11.8 Å². The number of hydrogen-bond donors (Lipinski definition) is 3. The first-order chi connectivity index (χ1) is 10.5.